The Labute approximate surface area is 194 Å². The van der Waals surface area contributed by atoms with E-state index in [4.69, 9.17) is 9.47 Å². The van der Waals surface area contributed by atoms with E-state index in [1.54, 1.807) is 30.3 Å². The zero-order valence-corrected chi connectivity index (χ0v) is 18.8. The van der Waals surface area contributed by atoms with Crippen molar-refractivity contribution in [1.29, 1.82) is 0 Å². The molecule has 0 aromatic heterocycles. The van der Waals surface area contributed by atoms with Crippen molar-refractivity contribution < 1.29 is 39.2 Å². The number of hydrogen-bond donors (Lipinski definition) is 2. The molecule has 4 rings (SSSR count). The molecule has 1 aromatic rings. The first-order valence-corrected chi connectivity index (χ1v) is 11.8. The van der Waals surface area contributed by atoms with Gasteiger partial charge in [0, 0.05) is 11.3 Å². The highest BCUT2D eigenvalue weighted by Crippen LogP contribution is 2.43. The van der Waals surface area contributed by atoms with Crippen LogP contribution in [0.4, 0.5) is 0 Å². The molecule has 3 aliphatic rings. The highest BCUT2D eigenvalue weighted by atomic mass is 32.2. The molecule has 1 amide bonds. The smallest absolute Gasteiger partial charge is 0.297 e. The number of amides is 1. The number of rotatable bonds is 8. The van der Waals surface area contributed by atoms with E-state index in [0.717, 1.165) is 12.8 Å². The number of ketones is 1. The molecule has 1 aromatic carbocycles. The fourth-order valence-corrected chi connectivity index (χ4v) is 6.05. The van der Waals surface area contributed by atoms with Gasteiger partial charge >= 0.3 is 0 Å². The van der Waals surface area contributed by atoms with E-state index in [9.17, 15) is 29.9 Å². The summed E-state index contributed by atoms with van der Waals surface area (Å²) in [5.74, 6) is -3.16. The highest BCUT2D eigenvalue weighted by Gasteiger charge is 2.68. The average molecular weight is 483 g/mol. The predicted molar refractivity (Wildman–Crippen MR) is 115 cm³/mol. The summed E-state index contributed by atoms with van der Waals surface area (Å²) in [6.45, 7) is 0.846. The summed E-state index contributed by atoms with van der Waals surface area (Å²) in [5.41, 5.74) is -1.77. The Morgan fingerprint density at radius 1 is 1.24 bits per heavy atom. The maximum atomic E-state index is 13.6. The van der Waals surface area contributed by atoms with E-state index >= 15 is 0 Å². The third-order valence-corrected chi connectivity index (χ3v) is 7.61. The monoisotopic (exact) mass is 482 g/mol. The van der Waals surface area contributed by atoms with Crippen LogP contribution in [0, 0.1) is 10.1 Å². The van der Waals surface area contributed by atoms with Gasteiger partial charge in [-0.2, -0.15) is 0 Å². The van der Waals surface area contributed by atoms with Crippen molar-refractivity contribution in [2.24, 2.45) is 0 Å². The number of unbranched alkanes of at least 4 members (excludes halogenated alkanes) is 1. The van der Waals surface area contributed by atoms with E-state index in [2.05, 4.69) is 4.84 Å². The molecule has 0 spiro atoms. The molecular formula is C21H26N2O9S. The summed E-state index contributed by atoms with van der Waals surface area (Å²) in [4.78, 5) is 43.6. The minimum atomic E-state index is -2.44. The van der Waals surface area contributed by atoms with Crippen LogP contribution < -0.4 is 0 Å². The molecule has 3 saturated heterocycles. The summed E-state index contributed by atoms with van der Waals surface area (Å²) in [6, 6.07) is 7.65. The van der Waals surface area contributed by atoms with Crippen LogP contribution in [-0.2, 0) is 19.1 Å². The first-order chi connectivity index (χ1) is 15.7. The quantitative estimate of drug-likeness (QED) is 0.309. The molecule has 3 aliphatic heterocycles. The number of Topliss-reactive ketones (excluding diaryl/α,β-unsaturated/α-hetero) is 1. The Morgan fingerprint density at radius 2 is 1.94 bits per heavy atom. The number of fused-ring (bicyclic) bond motifs is 1. The third kappa shape index (κ3) is 4.21. The summed E-state index contributed by atoms with van der Waals surface area (Å²) in [7, 11) is 0. The van der Waals surface area contributed by atoms with Crippen molar-refractivity contribution in [2.45, 2.75) is 61.2 Å². The zero-order chi connectivity index (χ0) is 23.8. The van der Waals surface area contributed by atoms with Gasteiger partial charge in [0.15, 0.2) is 11.4 Å². The van der Waals surface area contributed by atoms with Crippen molar-refractivity contribution >= 4 is 23.5 Å². The molecule has 33 heavy (non-hydrogen) atoms. The Balaban J connectivity index is 1.59. The molecule has 0 saturated carbocycles. The second-order valence-corrected chi connectivity index (χ2v) is 9.65. The minimum Gasteiger partial charge on any atom is -0.377 e. The van der Waals surface area contributed by atoms with Crippen LogP contribution in [0.3, 0.4) is 0 Å². The van der Waals surface area contributed by atoms with Crippen LogP contribution in [0.15, 0.2) is 30.3 Å². The van der Waals surface area contributed by atoms with Gasteiger partial charge in [-0.15, -0.1) is 21.9 Å². The summed E-state index contributed by atoms with van der Waals surface area (Å²) >= 11 is 1.47. The number of ether oxygens (including phenoxy) is 2. The molecule has 3 fully saturated rings. The van der Waals surface area contributed by atoms with Crippen molar-refractivity contribution in [3.63, 3.8) is 0 Å². The number of nitrogens with zero attached hydrogens (tertiary/aromatic N) is 2. The number of hydrogen-bond acceptors (Lipinski definition) is 10. The van der Waals surface area contributed by atoms with Gasteiger partial charge < -0.3 is 24.6 Å². The largest absolute Gasteiger partial charge is 0.377 e. The normalized spacial score (nSPS) is 35.4. The number of benzene rings is 1. The van der Waals surface area contributed by atoms with Gasteiger partial charge in [-0.25, -0.2) is 0 Å². The van der Waals surface area contributed by atoms with Gasteiger partial charge in [0.05, 0.1) is 12.0 Å². The van der Waals surface area contributed by atoms with Crippen molar-refractivity contribution in [1.82, 2.24) is 4.90 Å². The maximum absolute atomic E-state index is 13.6. The number of thioether (sulfide) groups is 1. The molecule has 3 heterocycles. The second-order valence-electron chi connectivity index (χ2n) is 8.44. The molecule has 6 atom stereocenters. The maximum Gasteiger partial charge on any atom is 0.297 e. The fourth-order valence-electron chi connectivity index (χ4n) is 4.60. The first kappa shape index (κ1) is 23.9. The Kier molecular flexibility index (Phi) is 6.65. The van der Waals surface area contributed by atoms with Gasteiger partial charge in [0.2, 0.25) is 0 Å². The topological polar surface area (TPSA) is 149 Å². The lowest BCUT2D eigenvalue weighted by atomic mass is 9.86. The van der Waals surface area contributed by atoms with Crippen LogP contribution >= 0.6 is 11.8 Å². The van der Waals surface area contributed by atoms with E-state index < -0.39 is 53.7 Å². The van der Waals surface area contributed by atoms with Crippen molar-refractivity contribution in [3.8, 4) is 0 Å². The lowest BCUT2D eigenvalue weighted by molar-refractivity contribution is -0.797. The molecule has 12 heteroatoms. The van der Waals surface area contributed by atoms with E-state index in [1.807, 2.05) is 6.92 Å². The molecule has 11 nitrogen and oxygen atoms in total. The van der Waals surface area contributed by atoms with E-state index in [1.165, 1.54) is 16.7 Å². The van der Waals surface area contributed by atoms with Crippen LogP contribution in [0.1, 0.15) is 36.5 Å². The lowest BCUT2D eigenvalue weighted by Crippen LogP contribution is -2.59. The molecule has 2 unspecified atom stereocenters. The minimum absolute atomic E-state index is 0.243. The molecule has 0 bridgehead atoms. The molecule has 2 N–H and O–H groups in total. The molecular weight excluding hydrogens is 456 g/mol. The summed E-state index contributed by atoms with van der Waals surface area (Å²) < 4.78 is 10.8. The molecule has 180 valence electrons. The highest BCUT2D eigenvalue weighted by molar-refractivity contribution is 8.00. The Hall–Kier alpha value is -2.25. The summed E-state index contributed by atoms with van der Waals surface area (Å²) in [5, 5.41) is 31.1. The SMILES string of the molecule is CCCCC1SCC(C(=O)[C@@]2(O)CO[C@H]3[C@@H]2OC[C@]3(O)O[N+](=O)[O-])N1C(=O)c1ccccc1. The Morgan fingerprint density at radius 3 is 2.61 bits per heavy atom. The van der Waals surface area contributed by atoms with Crippen LogP contribution in [0.2, 0.25) is 0 Å². The van der Waals surface area contributed by atoms with Crippen LogP contribution in [-0.4, -0.2) is 85.9 Å². The predicted octanol–water partition coefficient (Wildman–Crippen LogP) is 0.755. The van der Waals surface area contributed by atoms with E-state index in [-0.39, 0.29) is 17.0 Å². The van der Waals surface area contributed by atoms with Gasteiger partial charge in [0.25, 0.3) is 16.8 Å². The first-order valence-electron chi connectivity index (χ1n) is 10.8. The van der Waals surface area contributed by atoms with Gasteiger partial charge in [-0.1, -0.05) is 38.0 Å². The third-order valence-electron chi connectivity index (χ3n) is 6.26. The second kappa shape index (κ2) is 9.18. The lowest BCUT2D eigenvalue weighted by Gasteiger charge is -2.34. The zero-order valence-electron chi connectivity index (χ0n) is 18.0. The number of carbonyl (C=O) groups is 2. The van der Waals surface area contributed by atoms with Crippen molar-refractivity contribution in [2.75, 3.05) is 19.0 Å². The number of aliphatic hydroxyl groups is 2. The molecule has 0 radical (unpaired) electrons. The van der Waals surface area contributed by atoms with Crippen molar-refractivity contribution in [3.05, 3.63) is 46.0 Å². The van der Waals surface area contributed by atoms with Gasteiger partial charge in [-0.05, 0) is 18.6 Å². The average Bonchev–Trinajstić information content (AvgIpc) is 3.46. The van der Waals surface area contributed by atoms with Crippen LogP contribution in [0.5, 0.6) is 0 Å². The standard InChI is InChI=1S/C21H26N2O9S/c1-2-3-9-15-22(19(25)13-7-5-4-6-8-13)14(10-33-15)16(24)20(26)11-30-18-17(20)31-12-21(18,27)32-23(28)29/h4-8,14-15,17-18,26-27H,2-3,9-12H2,1H3/t14?,15?,17-,18-,20-,21-/m0/s1. The number of carbonyl (C=O) groups excluding carboxylic acids is 2. The molecule has 0 aliphatic carbocycles. The van der Waals surface area contributed by atoms with Gasteiger partial charge in [-0.3, -0.25) is 14.4 Å². The Bertz CT molecular complexity index is 918. The summed E-state index contributed by atoms with van der Waals surface area (Å²) in [6.07, 6.45) is -0.322. The fraction of sp³-hybridized carbons (Fsp3) is 0.619. The van der Waals surface area contributed by atoms with E-state index in [0.29, 0.717) is 12.0 Å². The van der Waals surface area contributed by atoms with Gasteiger partial charge in [0.1, 0.15) is 24.9 Å². The van der Waals surface area contributed by atoms with Crippen LogP contribution in [0.25, 0.3) is 0 Å².